The molecule has 6 heteroatoms. The molecule has 0 amide bonds. The molecule has 0 saturated carbocycles. The van der Waals surface area contributed by atoms with Crippen LogP contribution >= 0.6 is 0 Å². The van der Waals surface area contributed by atoms with Crippen LogP contribution in [-0.2, 0) is 14.3 Å². The largest absolute Gasteiger partial charge is 0.464 e. The highest BCUT2D eigenvalue weighted by atomic mass is 16.6. The van der Waals surface area contributed by atoms with E-state index < -0.39 is 22.7 Å². The lowest BCUT2D eigenvalue weighted by atomic mass is 10.2. The predicted molar refractivity (Wildman–Crippen MR) is 33.5 cm³/mol. The van der Waals surface area contributed by atoms with E-state index in [4.69, 9.17) is 0 Å². The smallest absolute Gasteiger partial charge is 0.389 e. The lowest BCUT2D eigenvalue weighted by Crippen LogP contribution is -2.36. The van der Waals surface area contributed by atoms with Crippen LogP contribution in [0.15, 0.2) is 0 Å². The second-order valence-electron chi connectivity index (χ2n) is 1.82. The van der Waals surface area contributed by atoms with E-state index in [1.807, 2.05) is 0 Å². The van der Waals surface area contributed by atoms with Crippen LogP contribution in [0.25, 0.3) is 0 Å². The molecule has 0 aliphatic heterocycles. The lowest BCUT2D eigenvalue weighted by molar-refractivity contribution is -0.496. The zero-order chi connectivity index (χ0) is 9.02. The number of carbonyl (C=O) groups is 2. The average Bonchev–Trinajstić information content (AvgIpc) is 1.85. The Hall–Kier alpha value is -1.46. The first kappa shape index (κ1) is 9.54. The van der Waals surface area contributed by atoms with Gasteiger partial charge in [-0.3, -0.25) is 14.9 Å². The zero-order valence-corrected chi connectivity index (χ0v) is 6.07. The monoisotopic (exact) mass is 161 g/mol. The van der Waals surface area contributed by atoms with E-state index in [1.54, 1.807) is 0 Å². The summed E-state index contributed by atoms with van der Waals surface area (Å²) in [5, 5.41) is 10.0. The molecule has 0 spiro atoms. The SMILES string of the molecule is COC(=O)C(C(C)=O)[N+](=O)[O-]. The summed E-state index contributed by atoms with van der Waals surface area (Å²) in [5.41, 5.74) is 0. The van der Waals surface area contributed by atoms with Crippen LogP contribution < -0.4 is 0 Å². The molecular formula is C5H7NO5. The fraction of sp³-hybridized carbons (Fsp3) is 0.600. The quantitative estimate of drug-likeness (QED) is 0.238. The molecule has 1 unspecified atom stereocenters. The second-order valence-corrected chi connectivity index (χ2v) is 1.82. The van der Waals surface area contributed by atoms with Gasteiger partial charge in [0.05, 0.1) is 7.11 Å². The van der Waals surface area contributed by atoms with Crippen LogP contribution in [0.1, 0.15) is 6.92 Å². The maximum absolute atomic E-state index is 10.5. The Kier molecular flexibility index (Phi) is 3.16. The Morgan fingerprint density at radius 3 is 2.09 bits per heavy atom. The number of Topliss-reactive ketones (excluding diaryl/α,β-unsaturated/α-hetero) is 1. The van der Waals surface area contributed by atoms with E-state index in [-0.39, 0.29) is 0 Å². The number of methoxy groups -OCH3 is 1. The van der Waals surface area contributed by atoms with Gasteiger partial charge in [-0.05, 0) is 0 Å². The van der Waals surface area contributed by atoms with Gasteiger partial charge in [0, 0.05) is 11.8 Å². The Balaban J connectivity index is 4.47. The number of hydrogen-bond acceptors (Lipinski definition) is 5. The van der Waals surface area contributed by atoms with Crippen LogP contribution in [0.4, 0.5) is 0 Å². The van der Waals surface area contributed by atoms with Gasteiger partial charge >= 0.3 is 12.0 Å². The Labute approximate surface area is 62.3 Å². The van der Waals surface area contributed by atoms with E-state index in [0.29, 0.717) is 0 Å². The molecule has 0 aromatic carbocycles. The first-order valence-electron chi connectivity index (χ1n) is 2.72. The molecule has 6 nitrogen and oxygen atoms in total. The third-order valence-electron chi connectivity index (χ3n) is 1.02. The third kappa shape index (κ3) is 2.32. The molecule has 62 valence electrons. The minimum atomic E-state index is -1.88. The van der Waals surface area contributed by atoms with E-state index >= 15 is 0 Å². The van der Waals surface area contributed by atoms with Crippen molar-refractivity contribution in [2.45, 2.75) is 13.0 Å². The minimum Gasteiger partial charge on any atom is -0.464 e. The number of nitrogens with zero attached hydrogens (tertiary/aromatic N) is 1. The highest BCUT2D eigenvalue weighted by molar-refractivity contribution is 6.00. The summed E-state index contributed by atoms with van der Waals surface area (Å²) in [6, 6.07) is -1.88. The van der Waals surface area contributed by atoms with Crippen LogP contribution in [-0.4, -0.2) is 29.8 Å². The number of ether oxygens (including phenoxy) is 1. The van der Waals surface area contributed by atoms with Gasteiger partial charge in [-0.15, -0.1) is 0 Å². The Bertz CT molecular complexity index is 185. The molecule has 0 bridgehead atoms. The summed E-state index contributed by atoms with van der Waals surface area (Å²) in [4.78, 5) is 30.0. The van der Waals surface area contributed by atoms with Gasteiger partial charge in [-0.2, -0.15) is 0 Å². The van der Waals surface area contributed by atoms with Crippen molar-refractivity contribution in [1.82, 2.24) is 0 Å². The number of esters is 1. The van der Waals surface area contributed by atoms with Gasteiger partial charge in [0.1, 0.15) is 0 Å². The molecule has 0 heterocycles. The molecule has 0 fully saturated rings. The van der Waals surface area contributed by atoms with Gasteiger partial charge in [0.2, 0.25) is 5.78 Å². The van der Waals surface area contributed by atoms with Crippen molar-refractivity contribution in [3.8, 4) is 0 Å². The number of hydrogen-bond donors (Lipinski definition) is 0. The number of carbonyl (C=O) groups excluding carboxylic acids is 2. The molecule has 0 aliphatic carbocycles. The summed E-state index contributed by atoms with van der Waals surface area (Å²) in [7, 11) is 0.988. The number of rotatable bonds is 3. The van der Waals surface area contributed by atoms with Crippen molar-refractivity contribution in [2.75, 3.05) is 7.11 Å². The molecule has 0 aromatic rings. The lowest BCUT2D eigenvalue weighted by Gasteiger charge is -2.01. The van der Waals surface area contributed by atoms with Crippen molar-refractivity contribution in [3.63, 3.8) is 0 Å². The molecule has 0 radical (unpaired) electrons. The van der Waals surface area contributed by atoms with Crippen LogP contribution in [0.2, 0.25) is 0 Å². The van der Waals surface area contributed by atoms with Gasteiger partial charge in [0.25, 0.3) is 0 Å². The van der Waals surface area contributed by atoms with Gasteiger partial charge in [0.15, 0.2) is 0 Å². The summed E-state index contributed by atoms with van der Waals surface area (Å²) in [6.45, 7) is 0.963. The molecule has 0 aromatic heterocycles. The predicted octanol–water partition coefficient (Wildman–Crippen LogP) is -0.606. The summed E-state index contributed by atoms with van der Waals surface area (Å²) in [6.07, 6.45) is 0. The topological polar surface area (TPSA) is 86.5 Å². The molecule has 0 N–H and O–H groups in total. The van der Waals surface area contributed by atoms with Crippen LogP contribution in [0, 0.1) is 10.1 Å². The number of nitro groups is 1. The van der Waals surface area contributed by atoms with Gasteiger partial charge in [-0.25, -0.2) is 4.79 Å². The highest BCUT2D eigenvalue weighted by Gasteiger charge is 2.35. The van der Waals surface area contributed by atoms with Crippen molar-refractivity contribution >= 4 is 11.8 Å². The van der Waals surface area contributed by atoms with Crippen LogP contribution in [0.3, 0.4) is 0 Å². The highest BCUT2D eigenvalue weighted by Crippen LogP contribution is 1.94. The maximum Gasteiger partial charge on any atom is 0.389 e. The van der Waals surface area contributed by atoms with Crippen molar-refractivity contribution in [1.29, 1.82) is 0 Å². The van der Waals surface area contributed by atoms with Crippen molar-refractivity contribution < 1.29 is 19.2 Å². The second kappa shape index (κ2) is 3.65. The molecule has 0 aliphatic rings. The fourth-order valence-corrected chi connectivity index (χ4v) is 0.512. The number of ketones is 1. The Morgan fingerprint density at radius 1 is 1.55 bits per heavy atom. The molecule has 11 heavy (non-hydrogen) atoms. The van der Waals surface area contributed by atoms with Crippen LogP contribution in [0.5, 0.6) is 0 Å². The van der Waals surface area contributed by atoms with Gasteiger partial charge < -0.3 is 4.74 Å². The fourth-order valence-electron chi connectivity index (χ4n) is 0.512. The average molecular weight is 161 g/mol. The zero-order valence-electron chi connectivity index (χ0n) is 6.07. The van der Waals surface area contributed by atoms with E-state index in [2.05, 4.69) is 4.74 Å². The van der Waals surface area contributed by atoms with Crippen molar-refractivity contribution in [2.24, 2.45) is 0 Å². The minimum absolute atomic E-state index is 0.832. The van der Waals surface area contributed by atoms with Crippen molar-refractivity contribution in [3.05, 3.63) is 10.1 Å². The van der Waals surface area contributed by atoms with E-state index in [0.717, 1.165) is 14.0 Å². The molecule has 0 saturated heterocycles. The first-order valence-corrected chi connectivity index (χ1v) is 2.72. The standard InChI is InChI=1S/C5H7NO5/c1-3(7)4(6(9)10)5(8)11-2/h4H,1-2H3. The summed E-state index contributed by atoms with van der Waals surface area (Å²) >= 11 is 0. The van der Waals surface area contributed by atoms with E-state index in [9.17, 15) is 19.7 Å². The maximum atomic E-state index is 10.5. The van der Waals surface area contributed by atoms with E-state index in [1.165, 1.54) is 0 Å². The molecule has 1 atom stereocenters. The summed E-state index contributed by atoms with van der Waals surface area (Å²) in [5.74, 6) is -1.97. The Morgan fingerprint density at radius 2 is 2.00 bits per heavy atom. The molecular weight excluding hydrogens is 154 g/mol. The normalized spacial score (nSPS) is 11.8. The first-order chi connectivity index (χ1) is 5.00. The third-order valence-corrected chi connectivity index (χ3v) is 1.02. The van der Waals surface area contributed by atoms with Gasteiger partial charge in [-0.1, -0.05) is 0 Å². The molecule has 0 rings (SSSR count). The summed E-state index contributed by atoms with van der Waals surface area (Å²) < 4.78 is 4.03.